The number of nitrogens with one attached hydrogen (secondary N) is 2. The normalized spacial score (nSPS) is 16.3. The third kappa shape index (κ3) is 10.9. The van der Waals surface area contributed by atoms with Crippen LogP contribution in [0.5, 0.6) is 0 Å². The van der Waals surface area contributed by atoms with Crippen molar-refractivity contribution in [1.82, 2.24) is 20.5 Å². The van der Waals surface area contributed by atoms with Gasteiger partial charge < -0.3 is 20.5 Å². The number of thioether (sulfide) groups is 1. The maximum absolute atomic E-state index is 12.4. The van der Waals surface area contributed by atoms with E-state index in [1.807, 2.05) is 19.1 Å². The lowest BCUT2D eigenvalue weighted by Gasteiger charge is -2.33. The summed E-state index contributed by atoms with van der Waals surface area (Å²) in [6.07, 6.45) is 1.07. The molecule has 0 aliphatic carbocycles. The van der Waals surface area contributed by atoms with Crippen molar-refractivity contribution in [3.63, 3.8) is 0 Å². The molecule has 1 saturated heterocycles. The number of aromatic nitrogens is 1. The molecule has 0 radical (unpaired) electrons. The second kappa shape index (κ2) is 16.5. The third-order valence-electron chi connectivity index (χ3n) is 5.58. The highest BCUT2D eigenvalue weighted by atomic mass is 35.5. The van der Waals surface area contributed by atoms with Gasteiger partial charge in [0.2, 0.25) is 5.91 Å². The Morgan fingerprint density at radius 3 is 2.82 bits per heavy atom. The Balaban J connectivity index is 0.00000507. The molecule has 2 amide bonds. The van der Waals surface area contributed by atoms with Crippen LogP contribution in [0.4, 0.5) is 0 Å². The van der Waals surface area contributed by atoms with Gasteiger partial charge in [0.15, 0.2) is 4.34 Å². The van der Waals surface area contributed by atoms with Crippen molar-refractivity contribution in [2.45, 2.75) is 49.2 Å². The van der Waals surface area contributed by atoms with Crippen LogP contribution in [0, 0.1) is 0 Å². The van der Waals surface area contributed by atoms with Crippen LogP contribution in [0.1, 0.15) is 42.2 Å². The zero-order valence-corrected chi connectivity index (χ0v) is 24.7. The van der Waals surface area contributed by atoms with Crippen molar-refractivity contribution in [3.05, 3.63) is 44.9 Å². The van der Waals surface area contributed by atoms with Gasteiger partial charge in [-0.05, 0) is 24.1 Å². The number of hydrogen-bond donors (Lipinski definition) is 3. The number of carboxylic acids is 1. The summed E-state index contributed by atoms with van der Waals surface area (Å²) < 4.78 is 6.39. The quantitative estimate of drug-likeness (QED) is 0.281. The third-order valence-corrected chi connectivity index (χ3v) is 8.34. The summed E-state index contributed by atoms with van der Waals surface area (Å²) in [5.74, 6) is -1.36. The fourth-order valence-electron chi connectivity index (χ4n) is 3.82. The van der Waals surface area contributed by atoms with Crippen LogP contribution in [0.25, 0.3) is 0 Å². The predicted molar refractivity (Wildman–Crippen MR) is 153 cm³/mol. The van der Waals surface area contributed by atoms with Crippen LogP contribution in [0.2, 0.25) is 10.0 Å². The Bertz CT molecular complexity index is 1090. The Morgan fingerprint density at radius 1 is 1.32 bits per heavy atom. The van der Waals surface area contributed by atoms with Crippen molar-refractivity contribution in [3.8, 4) is 0 Å². The number of carbonyl (C=O) groups is 3. The Morgan fingerprint density at radius 2 is 2.11 bits per heavy atom. The van der Waals surface area contributed by atoms with E-state index >= 15 is 0 Å². The van der Waals surface area contributed by atoms with Crippen LogP contribution in [-0.4, -0.2) is 76.9 Å². The van der Waals surface area contributed by atoms with Gasteiger partial charge in [-0.3, -0.25) is 19.3 Å². The molecule has 1 aliphatic rings. The van der Waals surface area contributed by atoms with Crippen molar-refractivity contribution in [2.75, 3.05) is 32.0 Å². The lowest BCUT2D eigenvalue weighted by Crippen LogP contribution is -2.47. The van der Waals surface area contributed by atoms with E-state index < -0.39 is 17.9 Å². The average molecular weight is 626 g/mol. The molecule has 14 heteroatoms. The van der Waals surface area contributed by atoms with Gasteiger partial charge in [-0.2, -0.15) is 0 Å². The number of ether oxygens (including phenoxy) is 1. The zero-order chi connectivity index (χ0) is 26.8. The molecular formula is C24H31Cl3N4O5S2. The first-order valence-electron chi connectivity index (χ1n) is 11.9. The van der Waals surface area contributed by atoms with Gasteiger partial charge in [-0.1, -0.05) is 54.4 Å². The van der Waals surface area contributed by atoms with Gasteiger partial charge >= 0.3 is 5.97 Å². The second-order valence-electron chi connectivity index (χ2n) is 8.62. The van der Waals surface area contributed by atoms with Crippen LogP contribution in [0.15, 0.2) is 27.9 Å². The number of benzene rings is 1. The molecule has 1 aromatic carbocycles. The fourth-order valence-corrected chi connectivity index (χ4v) is 5.78. The number of halogens is 3. The fraction of sp³-hybridized carbons (Fsp3) is 0.500. The highest BCUT2D eigenvalue weighted by Crippen LogP contribution is 2.24. The molecule has 210 valence electrons. The Hall–Kier alpha value is -1.60. The molecule has 9 nitrogen and oxygen atoms in total. The summed E-state index contributed by atoms with van der Waals surface area (Å²) in [6.45, 7) is 5.08. The van der Waals surface area contributed by atoms with E-state index in [2.05, 4.69) is 20.5 Å². The Labute approximate surface area is 246 Å². The number of nitrogens with zero attached hydrogens (tertiary/aromatic N) is 2. The van der Waals surface area contributed by atoms with E-state index in [9.17, 15) is 14.4 Å². The van der Waals surface area contributed by atoms with E-state index in [0.717, 1.165) is 25.1 Å². The molecule has 0 saturated carbocycles. The topological polar surface area (TPSA) is 121 Å². The smallest absolute Gasteiger partial charge is 0.305 e. The number of carbonyl (C=O) groups excluding carboxylic acids is 2. The maximum Gasteiger partial charge on any atom is 0.305 e. The lowest BCUT2D eigenvalue weighted by molar-refractivity contribution is -0.137. The number of rotatable bonds is 13. The molecule has 1 fully saturated rings. The predicted octanol–water partition coefficient (Wildman–Crippen LogP) is 4.35. The minimum Gasteiger partial charge on any atom is -0.481 e. The summed E-state index contributed by atoms with van der Waals surface area (Å²) >= 11 is 14.6. The molecule has 0 bridgehead atoms. The van der Waals surface area contributed by atoms with Crippen LogP contribution < -0.4 is 10.6 Å². The second-order valence-corrected chi connectivity index (χ2v) is 11.5. The molecule has 2 unspecified atom stereocenters. The van der Waals surface area contributed by atoms with Crippen molar-refractivity contribution in [1.29, 1.82) is 0 Å². The molecule has 2 atom stereocenters. The highest BCUT2D eigenvalue weighted by Gasteiger charge is 2.22. The molecular weight excluding hydrogens is 595 g/mol. The maximum atomic E-state index is 12.4. The standard InChI is InChI=1S/C24H30Cl2N4O5S2.ClH/c1-2-3-16(9-22(32)33)28-23(34)20-13-36-24(29-20)37-14-21(31)27-10-17-12-30(6-7-35-17)11-15-4-5-18(25)19(26)8-15;/h4-5,8,13,16-17H,2-3,6-7,9-12,14H2,1H3,(H,27,31)(H,28,34)(H,32,33);1H. The summed E-state index contributed by atoms with van der Waals surface area (Å²) in [6, 6.07) is 5.15. The van der Waals surface area contributed by atoms with E-state index in [1.54, 1.807) is 11.4 Å². The number of aliphatic carboxylic acids is 1. The Kier molecular flexibility index (Phi) is 14.2. The van der Waals surface area contributed by atoms with Gasteiger partial charge in [0.05, 0.1) is 34.9 Å². The van der Waals surface area contributed by atoms with Crippen LogP contribution in [-0.2, 0) is 20.9 Å². The van der Waals surface area contributed by atoms with Gasteiger partial charge in [0.25, 0.3) is 5.91 Å². The number of amides is 2. The summed E-state index contributed by atoms with van der Waals surface area (Å²) in [4.78, 5) is 42.3. The molecule has 3 rings (SSSR count). The molecule has 2 heterocycles. The average Bonchev–Trinajstić information content (AvgIpc) is 3.33. The molecule has 1 aromatic heterocycles. The first kappa shape index (κ1) is 32.6. The number of morpholine rings is 1. The first-order chi connectivity index (χ1) is 17.7. The van der Waals surface area contributed by atoms with Crippen molar-refractivity contribution >= 4 is 76.5 Å². The van der Waals surface area contributed by atoms with E-state index in [0.29, 0.717) is 40.5 Å². The SMILES string of the molecule is CCCC(CC(=O)O)NC(=O)c1csc(SCC(=O)NCC2CN(Cc3ccc(Cl)c(Cl)c3)CCO2)n1.Cl. The lowest BCUT2D eigenvalue weighted by atomic mass is 10.1. The van der Waals surface area contributed by atoms with Gasteiger partial charge in [-0.25, -0.2) is 4.98 Å². The van der Waals surface area contributed by atoms with Crippen molar-refractivity contribution in [2.24, 2.45) is 0 Å². The minimum absolute atomic E-state index is 0. The van der Waals surface area contributed by atoms with E-state index in [-0.39, 0.29) is 42.3 Å². The zero-order valence-electron chi connectivity index (χ0n) is 20.8. The summed E-state index contributed by atoms with van der Waals surface area (Å²) in [7, 11) is 0. The van der Waals surface area contributed by atoms with Gasteiger partial charge in [-0.15, -0.1) is 23.7 Å². The van der Waals surface area contributed by atoms with Crippen molar-refractivity contribution < 1.29 is 24.2 Å². The molecule has 2 aromatic rings. The van der Waals surface area contributed by atoms with E-state index in [1.165, 1.54) is 23.1 Å². The molecule has 3 N–H and O–H groups in total. The first-order valence-corrected chi connectivity index (χ1v) is 14.5. The number of hydrogen-bond acceptors (Lipinski definition) is 8. The van der Waals surface area contributed by atoms with Crippen LogP contribution in [0.3, 0.4) is 0 Å². The summed E-state index contributed by atoms with van der Waals surface area (Å²) in [5.41, 5.74) is 1.28. The molecule has 0 spiro atoms. The number of carboxylic acid groups (broad SMARTS) is 1. The monoisotopic (exact) mass is 624 g/mol. The molecule has 1 aliphatic heterocycles. The van der Waals surface area contributed by atoms with Gasteiger partial charge in [0, 0.05) is 37.6 Å². The van der Waals surface area contributed by atoms with Gasteiger partial charge in [0.1, 0.15) is 5.69 Å². The highest BCUT2D eigenvalue weighted by molar-refractivity contribution is 8.01. The molecule has 38 heavy (non-hydrogen) atoms. The number of thiazole rings is 1. The largest absolute Gasteiger partial charge is 0.481 e. The summed E-state index contributed by atoms with van der Waals surface area (Å²) in [5, 5.41) is 17.3. The minimum atomic E-state index is -0.961. The van der Waals surface area contributed by atoms with Crippen LogP contribution >= 0.6 is 58.7 Å². The van der Waals surface area contributed by atoms with E-state index in [4.69, 9.17) is 33.0 Å².